The fourth-order valence-corrected chi connectivity index (χ4v) is 3.84. The maximum atomic E-state index is 12.6. The maximum Gasteiger partial charge on any atom is 0.251 e. The monoisotopic (exact) mass is 374 g/mol. The zero-order chi connectivity index (χ0) is 18.6. The number of aryl methyl sites for hydroxylation is 1. The lowest BCUT2D eigenvalue weighted by Crippen LogP contribution is -2.23. The molecule has 27 heavy (non-hydrogen) atoms. The Labute approximate surface area is 161 Å². The lowest BCUT2D eigenvalue weighted by molar-refractivity contribution is 0.0951. The molecule has 0 aliphatic heterocycles. The van der Waals surface area contributed by atoms with Gasteiger partial charge in [-0.25, -0.2) is 4.98 Å². The first-order chi connectivity index (χ1) is 13.2. The Morgan fingerprint density at radius 1 is 1.11 bits per heavy atom. The van der Waals surface area contributed by atoms with Crippen molar-refractivity contribution in [1.29, 1.82) is 0 Å². The SMILES string of the molecule is CCc1nc2ccc(C(=O)NCc3cccnc3-c3ccncc3)cc2s1. The van der Waals surface area contributed by atoms with Crippen molar-refractivity contribution < 1.29 is 4.79 Å². The van der Waals surface area contributed by atoms with Gasteiger partial charge in [-0.15, -0.1) is 11.3 Å². The topological polar surface area (TPSA) is 67.8 Å². The van der Waals surface area contributed by atoms with Crippen LogP contribution in [-0.4, -0.2) is 20.9 Å². The molecule has 3 heterocycles. The smallest absolute Gasteiger partial charge is 0.251 e. The van der Waals surface area contributed by atoms with Gasteiger partial charge in [-0.2, -0.15) is 0 Å². The largest absolute Gasteiger partial charge is 0.348 e. The Hall–Kier alpha value is -3.12. The standard InChI is InChI=1S/C21H18N4OS/c1-2-19-25-17-6-5-15(12-18(17)27-19)21(26)24-13-16-4-3-9-23-20(16)14-7-10-22-11-8-14/h3-12H,2,13H2,1H3,(H,24,26). The third-order valence-corrected chi connectivity index (χ3v) is 5.44. The van der Waals surface area contributed by atoms with E-state index >= 15 is 0 Å². The molecule has 5 nitrogen and oxygen atoms in total. The molecule has 134 valence electrons. The van der Waals surface area contributed by atoms with Crippen LogP contribution < -0.4 is 5.32 Å². The zero-order valence-corrected chi connectivity index (χ0v) is 15.7. The third-order valence-electron chi connectivity index (χ3n) is 4.28. The first-order valence-electron chi connectivity index (χ1n) is 8.76. The highest BCUT2D eigenvalue weighted by molar-refractivity contribution is 7.18. The molecule has 0 spiro atoms. The van der Waals surface area contributed by atoms with Gasteiger partial charge in [0.2, 0.25) is 0 Å². The van der Waals surface area contributed by atoms with Crippen LogP contribution in [0.25, 0.3) is 21.5 Å². The Balaban J connectivity index is 1.53. The predicted octanol–water partition coefficient (Wildman–Crippen LogP) is 4.25. The number of carbonyl (C=O) groups is 1. The number of carbonyl (C=O) groups excluding carboxylic acids is 1. The van der Waals surface area contributed by atoms with Crippen LogP contribution in [0.3, 0.4) is 0 Å². The van der Waals surface area contributed by atoms with Gasteiger partial charge in [0.05, 0.1) is 20.9 Å². The Kier molecular flexibility index (Phi) is 4.89. The number of pyridine rings is 2. The molecule has 0 unspecified atom stereocenters. The number of amides is 1. The van der Waals surface area contributed by atoms with Crippen LogP contribution in [0.15, 0.2) is 61.1 Å². The average Bonchev–Trinajstić information content (AvgIpc) is 3.15. The number of nitrogens with zero attached hydrogens (tertiary/aromatic N) is 3. The van der Waals surface area contributed by atoms with Gasteiger partial charge in [0.15, 0.2) is 0 Å². The summed E-state index contributed by atoms with van der Waals surface area (Å²) in [7, 11) is 0. The Bertz CT molecular complexity index is 1090. The average molecular weight is 374 g/mol. The first-order valence-corrected chi connectivity index (χ1v) is 9.58. The summed E-state index contributed by atoms with van der Waals surface area (Å²) in [4.78, 5) is 25.7. The fraction of sp³-hybridized carbons (Fsp3) is 0.143. The number of hydrogen-bond acceptors (Lipinski definition) is 5. The number of fused-ring (bicyclic) bond motifs is 1. The number of aromatic nitrogens is 3. The highest BCUT2D eigenvalue weighted by atomic mass is 32.1. The van der Waals surface area contributed by atoms with Crippen LogP contribution in [0, 0.1) is 0 Å². The molecule has 0 atom stereocenters. The summed E-state index contributed by atoms with van der Waals surface area (Å²) in [6.45, 7) is 2.49. The normalized spacial score (nSPS) is 10.9. The summed E-state index contributed by atoms with van der Waals surface area (Å²) in [6, 6.07) is 13.3. The van der Waals surface area contributed by atoms with E-state index in [-0.39, 0.29) is 5.91 Å². The van der Waals surface area contributed by atoms with E-state index in [2.05, 4.69) is 27.2 Å². The van der Waals surface area contributed by atoms with E-state index in [1.807, 2.05) is 42.5 Å². The Morgan fingerprint density at radius 3 is 2.78 bits per heavy atom. The number of thiazole rings is 1. The van der Waals surface area contributed by atoms with Gasteiger partial charge in [-0.1, -0.05) is 13.0 Å². The molecule has 0 aliphatic rings. The van der Waals surface area contributed by atoms with Crippen LogP contribution in [0.5, 0.6) is 0 Å². The van der Waals surface area contributed by atoms with Gasteiger partial charge >= 0.3 is 0 Å². The van der Waals surface area contributed by atoms with E-state index in [9.17, 15) is 4.79 Å². The number of nitrogens with one attached hydrogen (secondary N) is 1. The van der Waals surface area contributed by atoms with Crippen LogP contribution in [-0.2, 0) is 13.0 Å². The molecule has 4 rings (SSSR count). The van der Waals surface area contributed by atoms with E-state index < -0.39 is 0 Å². The van der Waals surface area contributed by atoms with Crippen molar-refractivity contribution in [2.75, 3.05) is 0 Å². The zero-order valence-electron chi connectivity index (χ0n) is 14.8. The summed E-state index contributed by atoms with van der Waals surface area (Å²) in [6.07, 6.45) is 6.13. The molecule has 4 aromatic rings. The summed E-state index contributed by atoms with van der Waals surface area (Å²) in [5, 5.41) is 4.08. The molecule has 6 heteroatoms. The second kappa shape index (κ2) is 7.63. The van der Waals surface area contributed by atoms with Crippen LogP contribution >= 0.6 is 11.3 Å². The van der Waals surface area contributed by atoms with E-state index in [1.165, 1.54) is 0 Å². The van der Waals surface area contributed by atoms with Gasteiger partial charge in [0.25, 0.3) is 5.91 Å². The molecule has 0 radical (unpaired) electrons. The summed E-state index contributed by atoms with van der Waals surface area (Å²) >= 11 is 1.64. The molecule has 1 N–H and O–H groups in total. The van der Waals surface area contributed by atoms with Gasteiger partial charge in [0.1, 0.15) is 0 Å². The first kappa shape index (κ1) is 17.3. The van der Waals surface area contributed by atoms with Crippen LogP contribution in [0.1, 0.15) is 27.9 Å². The summed E-state index contributed by atoms with van der Waals surface area (Å²) < 4.78 is 1.04. The molecule has 3 aromatic heterocycles. The molecule has 1 amide bonds. The van der Waals surface area contributed by atoms with E-state index in [0.29, 0.717) is 12.1 Å². The third kappa shape index (κ3) is 3.71. The minimum Gasteiger partial charge on any atom is -0.348 e. The molecule has 0 saturated carbocycles. The highest BCUT2D eigenvalue weighted by Gasteiger charge is 2.11. The summed E-state index contributed by atoms with van der Waals surface area (Å²) in [5.41, 5.74) is 4.38. The lowest BCUT2D eigenvalue weighted by Gasteiger charge is -2.10. The van der Waals surface area contributed by atoms with Gasteiger partial charge in [-0.05, 0) is 48.4 Å². The molecule has 0 saturated heterocycles. The minimum atomic E-state index is -0.104. The van der Waals surface area contributed by atoms with Crippen molar-refractivity contribution in [2.24, 2.45) is 0 Å². The quantitative estimate of drug-likeness (QED) is 0.567. The minimum absolute atomic E-state index is 0.104. The van der Waals surface area contributed by atoms with Crippen LogP contribution in [0.2, 0.25) is 0 Å². The molecule has 1 aromatic carbocycles. The van der Waals surface area contributed by atoms with Crippen molar-refractivity contribution in [1.82, 2.24) is 20.3 Å². The molecular formula is C21H18N4OS. The second-order valence-corrected chi connectivity index (χ2v) is 7.19. The molecular weight excluding hydrogens is 356 g/mol. The van der Waals surface area contributed by atoms with Gasteiger partial charge < -0.3 is 5.32 Å². The van der Waals surface area contributed by atoms with Crippen molar-refractivity contribution in [3.63, 3.8) is 0 Å². The fourth-order valence-electron chi connectivity index (χ4n) is 2.89. The van der Waals surface area contributed by atoms with E-state index in [0.717, 1.165) is 38.5 Å². The maximum absolute atomic E-state index is 12.6. The highest BCUT2D eigenvalue weighted by Crippen LogP contribution is 2.24. The number of rotatable bonds is 5. The predicted molar refractivity (Wildman–Crippen MR) is 108 cm³/mol. The molecule has 0 fully saturated rings. The van der Waals surface area contributed by atoms with Crippen LogP contribution in [0.4, 0.5) is 0 Å². The van der Waals surface area contributed by atoms with E-state index in [4.69, 9.17) is 0 Å². The number of benzene rings is 1. The summed E-state index contributed by atoms with van der Waals surface area (Å²) in [5.74, 6) is -0.104. The van der Waals surface area contributed by atoms with E-state index in [1.54, 1.807) is 29.9 Å². The second-order valence-electron chi connectivity index (χ2n) is 6.07. The molecule has 0 aliphatic carbocycles. The lowest BCUT2D eigenvalue weighted by atomic mass is 10.1. The van der Waals surface area contributed by atoms with Crippen molar-refractivity contribution in [2.45, 2.75) is 19.9 Å². The van der Waals surface area contributed by atoms with Crippen molar-refractivity contribution >= 4 is 27.5 Å². The van der Waals surface area contributed by atoms with Gasteiger partial charge in [0, 0.05) is 36.3 Å². The van der Waals surface area contributed by atoms with Gasteiger partial charge in [-0.3, -0.25) is 14.8 Å². The molecule has 0 bridgehead atoms. The van der Waals surface area contributed by atoms with Crippen molar-refractivity contribution in [3.8, 4) is 11.3 Å². The Morgan fingerprint density at radius 2 is 1.96 bits per heavy atom. The van der Waals surface area contributed by atoms with Crippen molar-refractivity contribution in [3.05, 3.63) is 77.2 Å². The number of hydrogen-bond donors (Lipinski definition) is 1.